The number of rotatable bonds is 2. The molecule has 0 spiro atoms. The predicted molar refractivity (Wildman–Crippen MR) is 62.6 cm³/mol. The van der Waals surface area contributed by atoms with Crippen LogP contribution in [0.5, 0.6) is 0 Å². The van der Waals surface area contributed by atoms with Crippen LogP contribution in [0, 0.1) is 6.92 Å². The lowest BCUT2D eigenvalue weighted by atomic mass is 10.2. The van der Waals surface area contributed by atoms with Crippen LogP contribution < -0.4 is 0 Å². The molecule has 10 heteroatoms. The van der Waals surface area contributed by atoms with Crippen LogP contribution in [0.1, 0.15) is 11.7 Å². The fourth-order valence-electron chi connectivity index (χ4n) is 1.61. The number of H-pyrrole nitrogens is 1. The number of aromatic amines is 1. The normalized spacial score (nSPS) is 11.8. The fraction of sp³-hybridized carbons (Fsp3) is 0.182. The lowest BCUT2D eigenvalue weighted by Gasteiger charge is -1.98. The first-order chi connectivity index (χ1) is 9.93. The van der Waals surface area contributed by atoms with Crippen molar-refractivity contribution < 1.29 is 17.7 Å². The van der Waals surface area contributed by atoms with Gasteiger partial charge in [0.2, 0.25) is 5.82 Å². The molecule has 0 aliphatic heterocycles. The SMILES string of the molecule is Cc1nc(-c2cc(-c3noc(C(F)(F)F)n3)ccn2)n[nH]1. The smallest absolute Gasteiger partial charge is 0.329 e. The van der Waals surface area contributed by atoms with Gasteiger partial charge in [-0.15, -0.1) is 0 Å². The molecule has 3 aromatic heterocycles. The quantitative estimate of drug-likeness (QED) is 0.779. The summed E-state index contributed by atoms with van der Waals surface area (Å²) in [5, 5.41) is 9.88. The van der Waals surface area contributed by atoms with Crippen molar-refractivity contribution in [1.29, 1.82) is 0 Å². The highest BCUT2D eigenvalue weighted by Gasteiger charge is 2.38. The molecular formula is C11H7F3N6O. The predicted octanol–water partition coefficient (Wildman–Crippen LogP) is 2.24. The molecule has 3 heterocycles. The lowest BCUT2D eigenvalue weighted by Crippen LogP contribution is -2.04. The molecule has 1 N–H and O–H groups in total. The maximum atomic E-state index is 12.4. The Kier molecular flexibility index (Phi) is 2.92. The molecule has 108 valence electrons. The van der Waals surface area contributed by atoms with Crippen molar-refractivity contribution in [3.63, 3.8) is 0 Å². The van der Waals surface area contributed by atoms with Crippen molar-refractivity contribution in [2.45, 2.75) is 13.1 Å². The molecule has 0 radical (unpaired) electrons. The molecule has 0 aromatic carbocycles. The average molecular weight is 296 g/mol. The van der Waals surface area contributed by atoms with Crippen LogP contribution in [0.3, 0.4) is 0 Å². The molecule has 3 rings (SSSR count). The summed E-state index contributed by atoms with van der Waals surface area (Å²) in [6, 6.07) is 2.95. The second-order valence-corrected chi connectivity index (χ2v) is 4.10. The van der Waals surface area contributed by atoms with E-state index < -0.39 is 12.1 Å². The van der Waals surface area contributed by atoms with Crippen molar-refractivity contribution >= 4 is 0 Å². The highest BCUT2D eigenvalue weighted by atomic mass is 19.4. The van der Waals surface area contributed by atoms with Gasteiger partial charge in [0.1, 0.15) is 11.5 Å². The second kappa shape index (κ2) is 4.65. The third-order valence-electron chi connectivity index (χ3n) is 2.51. The Morgan fingerprint density at radius 3 is 2.62 bits per heavy atom. The Balaban J connectivity index is 1.98. The number of alkyl halides is 3. The van der Waals surface area contributed by atoms with E-state index in [1.165, 1.54) is 18.3 Å². The van der Waals surface area contributed by atoms with Gasteiger partial charge in [-0.05, 0) is 19.1 Å². The summed E-state index contributed by atoms with van der Waals surface area (Å²) < 4.78 is 41.5. The molecule has 0 fully saturated rings. The summed E-state index contributed by atoms with van der Waals surface area (Å²) in [4.78, 5) is 11.4. The summed E-state index contributed by atoms with van der Waals surface area (Å²) in [7, 11) is 0. The summed E-state index contributed by atoms with van der Waals surface area (Å²) in [6.07, 6.45) is -3.28. The van der Waals surface area contributed by atoms with Crippen molar-refractivity contribution in [3.8, 4) is 22.9 Å². The second-order valence-electron chi connectivity index (χ2n) is 4.10. The van der Waals surface area contributed by atoms with E-state index in [0.29, 0.717) is 22.9 Å². The van der Waals surface area contributed by atoms with Crippen molar-refractivity contribution in [2.24, 2.45) is 0 Å². The third-order valence-corrected chi connectivity index (χ3v) is 2.51. The van der Waals surface area contributed by atoms with Crippen molar-refractivity contribution in [2.75, 3.05) is 0 Å². The number of hydrogen-bond donors (Lipinski definition) is 1. The van der Waals surface area contributed by atoms with Crippen LogP contribution in [-0.2, 0) is 6.18 Å². The molecule has 0 unspecified atom stereocenters. The molecule has 0 amide bonds. The standard InChI is InChI=1S/C11H7F3N6O/c1-5-16-9(19-18-5)7-4-6(2-3-15-7)8-17-10(21-20-8)11(12,13)14/h2-4H,1H3,(H,16,18,19). The summed E-state index contributed by atoms with van der Waals surface area (Å²) in [6.45, 7) is 1.72. The minimum Gasteiger partial charge on any atom is -0.329 e. The van der Waals surface area contributed by atoms with Crippen LogP contribution in [0.4, 0.5) is 13.2 Å². The van der Waals surface area contributed by atoms with E-state index in [2.05, 4.69) is 34.8 Å². The van der Waals surface area contributed by atoms with E-state index in [9.17, 15) is 13.2 Å². The number of nitrogens with zero attached hydrogens (tertiary/aromatic N) is 5. The minimum atomic E-state index is -4.68. The number of halogens is 3. The van der Waals surface area contributed by atoms with Crippen molar-refractivity contribution in [1.82, 2.24) is 30.3 Å². The number of hydrogen-bond acceptors (Lipinski definition) is 6. The van der Waals surface area contributed by atoms with E-state index in [1.54, 1.807) is 6.92 Å². The Labute approximate surface area is 115 Å². The highest BCUT2D eigenvalue weighted by molar-refractivity contribution is 5.62. The monoisotopic (exact) mass is 296 g/mol. The largest absolute Gasteiger partial charge is 0.471 e. The molecule has 0 aliphatic carbocycles. The molecule has 0 atom stereocenters. The first kappa shape index (κ1) is 13.2. The average Bonchev–Trinajstić information content (AvgIpc) is 3.07. The van der Waals surface area contributed by atoms with Crippen LogP contribution in [0.15, 0.2) is 22.9 Å². The molecule has 21 heavy (non-hydrogen) atoms. The summed E-state index contributed by atoms with van der Waals surface area (Å²) in [5.74, 6) is -0.659. The van der Waals surface area contributed by atoms with Gasteiger partial charge in [-0.2, -0.15) is 23.3 Å². The molecule has 7 nitrogen and oxygen atoms in total. The minimum absolute atomic E-state index is 0.182. The molecule has 0 saturated heterocycles. The first-order valence-electron chi connectivity index (χ1n) is 5.70. The van der Waals surface area contributed by atoms with E-state index in [-0.39, 0.29) is 5.82 Å². The number of aryl methyl sites for hydroxylation is 1. The van der Waals surface area contributed by atoms with Gasteiger partial charge < -0.3 is 4.52 Å². The maximum Gasteiger partial charge on any atom is 0.471 e. The van der Waals surface area contributed by atoms with E-state index in [1.807, 2.05) is 0 Å². The molecule has 0 bridgehead atoms. The molecule has 3 aromatic rings. The Bertz CT molecular complexity index is 778. The van der Waals surface area contributed by atoms with Gasteiger partial charge in [0.15, 0.2) is 5.82 Å². The van der Waals surface area contributed by atoms with Gasteiger partial charge in [0.05, 0.1) is 0 Å². The zero-order valence-electron chi connectivity index (χ0n) is 10.5. The lowest BCUT2D eigenvalue weighted by molar-refractivity contribution is -0.159. The van der Waals surface area contributed by atoms with Gasteiger partial charge in [-0.25, -0.2) is 4.98 Å². The van der Waals surface area contributed by atoms with Crippen LogP contribution in [-0.4, -0.2) is 30.3 Å². The van der Waals surface area contributed by atoms with Crippen LogP contribution in [0.2, 0.25) is 0 Å². The molecule has 0 saturated carbocycles. The zero-order chi connectivity index (χ0) is 15.0. The number of aromatic nitrogens is 6. The van der Waals surface area contributed by atoms with Crippen LogP contribution in [0.25, 0.3) is 22.9 Å². The topological polar surface area (TPSA) is 93.4 Å². The number of nitrogens with one attached hydrogen (secondary N) is 1. The van der Waals surface area contributed by atoms with Gasteiger partial charge in [-0.1, -0.05) is 5.16 Å². The molecular weight excluding hydrogens is 289 g/mol. The van der Waals surface area contributed by atoms with Gasteiger partial charge >= 0.3 is 12.1 Å². The van der Waals surface area contributed by atoms with E-state index in [0.717, 1.165) is 0 Å². The van der Waals surface area contributed by atoms with Crippen molar-refractivity contribution in [3.05, 3.63) is 30.0 Å². The summed E-state index contributed by atoms with van der Waals surface area (Å²) in [5.41, 5.74) is 0.705. The Hall–Kier alpha value is -2.78. The zero-order valence-corrected chi connectivity index (χ0v) is 10.5. The Morgan fingerprint density at radius 1 is 1.19 bits per heavy atom. The van der Waals surface area contributed by atoms with Gasteiger partial charge in [-0.3, -0.25) is 10.1 Å². The maximum absolute atomic E-state index is 12.4. The van der Waals surface area contributed by atoms with Crippen LogP contribution >= 0.6 is 0 Å². The number of pyridine rings is 1. The van der Waals surface area contributed by atoms with Gasteiger partial charge in [0.25, 0.3) is 0 Å². The third kappa shape index (κ3) is 2.59. The highest BCUT2D eigenvalue weighted by Crippen LogP contribution is 2.29. The molecule has 0 aliphatic rings. The van der Waals surface area contributed by atoms with E-state index >= 15 is 0 Å². The van der Waals surface area contributed by atoms with E-state index in [4.69, 9.17) is 0 Å². The van der Waals surface area contributed by atoms with Gasteiger partial charge in [0, 0.05) is 11.8 Å². The first-order valence-corrected chi connectivity index (χ1v) is 5.70. The fourth-order valence-corrected chi connectivity index (χ4v) is 1.61. The summed E-state index contributed by atoms with van der Waals surface area (Å²) >= 11 is 0. The Morgan fingerprint density at radius 2 is 2.00 bits per heavy atom.